The fourth-order valence-electron chi connectivity index (χ4n) is 3.74. The molecular formula is C16H27NO3. The molecule has 0 heterocycles. The molecule has 0 aliphatic heterocycles. The van der Waals surface area contributed by atoms with Crippen molar-refractivity contribution in [3.05, 3.63) is 0 Å². The number of carboxylic acid groups (broad SMARTS) is 1. The van der Waals surface area contributed by atoms with Gasteiger partial charge in [-0.25, -0.2) is 0 Å². The minimum atomic E-state index is -0.807. The lowest BCUT2D eigenvalue weighted by Crippen LogP contribution is -2.46. The third kappa shape index (κ3) is 3.74. The molecule has 2 saturated carbocycles. The fourth-order valence-corrected chi connectivity index (χ4v) is 3.74. The van der Waals surface area contributed by atoms with Crippen molar-refractivity contribution in [1.82, 2.24) is 5.32 Å². The molecule has 20 heavy (non-hydrogen) atoms. The van der Waals surface area contributed by atoms with Gasteiger partial charge >= 0.3 is 5.97 Å². The zero-order valence-corrected chi connectivity index (χ0v) is 12.4. The Balaban J connectivity index is 1.96. The summed E-state index contributed by atoms with van der Waals surface area (Å²) in [6.07, 6.45) is 9.14. The standard InChI is InChI=1S/C16H27NO3/c1-11-7-3-2-4-10-14(11)17-15(18)12-8-5-6-9-13(12)16(19)20/h11-14H,2-10H2,1H3,(H,17,18)(H,19,20). The molecule has 114 valence electrons. The number of amides is 1. The summed E-state index contributed by atoms with van der Waals surface area (Å²) in [5.41, 5.74) is 0. The number of carbonyl (C=O) groups excluding carboxylic acids is 1. The van der Waals surface area contributed by atoms with Gasteiger partial charge in [0.05, 0.1) is 11.8 Å². The molecule has 4 heteroatoms. The van der Waals surface area contributed by atoms with E-state index in [0.29, 0.717) is 12.3 Å². The lowest BCUT2D eigenvalue weighted by molar-refractivity contribution is -0.149. The molecule has 0 aromatic rings. The van der Waals surface area contributed by atoms with Crippen molar-refractivity contribution in [1.29, 1.82) is 0 Å². The monoisotopic (exact) mass is 281 g/mol. The molecule has 2 rings (SSSR count). The summed E-state index contributed by atoms with van der Waals surface area (Å²) in [7, 11) is 0. The molecule has 4 unspecified atom stereocenters. The molecule has 4 nitrogen and oxygen atoms in total. The van der Waals surface area contributed by atoms with E-state index in [4.69, 9.17) is 0 Å². The Hall–Kier alpha value is -1.06. The van der Waals surface area contributed by atoms with Crippen LogP contribution in [0.3, 0.4) is 0 Å². The van der Waals surface area contributed by atoms with Crippen molar-refractivity contribution in [3.63, 3.8) is 0 Å². The molecule has 0 spiro atoms. The average molecular weight is 281 g/mol. The van der Waals surface area contributed by atoms with Crippen molar-refractivity contribution >= 4 is 11.9 Å². The van der Waals surface area contributed by atoms with Crippen molar-refractivity contribution in [2.24, 2.45) is 17.8 Å². The minimum Gasteiger partial charge on any atom is -0.481 e. The van der Waals surface area contributed by atoms with Gasteiger partial charge in [-0.3, -0.25) is 9.59 Å². The lowest BCUT2D eigenvalue weighted by Gasteiger charge is -2.30. The normalized spacial score (nSPS) is 35.0. The van der Waals surface area contributed by atoms with Crippen LogP contribution in [0.2, 0.25) is 0 Å². The zero-order chi connectivity index (χ0) is 14.5. The summed E-state index contributed by atoms with van der Waals surface area (Å²) in [6, 6.07) is 0.237. The highest BCUT2D eigenvalue weighted by molar-refractivity contribution is 5.85. The van der Waals surface area contributed by atoms with E-state index in [-0.39, 0.29) is 17.9 Å². The summed E-state index contributed by atoms with van der Waals surface area (Å²) in [5, 5.41) is 12.4. The van der Waals surface area contributed by atoms with Crippen molar-refractivity contribution in [2.45, 2.75) is 70.8 Å². The highest BCUT2D eigenvalue weighted by Gasteiger charge is 2.36. The van der Waals surface area contributed by atoms with Crippen molar-refractivity contribution in [2.75, 3.05) is 0 Å². The Morgan fingerprint density at radius 1 is 0.900 bits per heavy atom. The predicted octanol–water partition coefficient (Wildman–Crippen LogP) is 2.96. The summed E-state index contributed by atoms with van der Waals surface area (Å²) >= 11 is 0. The smallest absolute Gasteiger partial charge is 0.307 e. The predicted molar refractivity (Wildman–Crippen MR) is 77.3 cm³/mol. The highest BCUT2D eigenvalue weighted by atomic mass is 16.4. The number of carboxylic acids is 1. The van der Waals surface area contributed by atoms with Crippen LogP contribution in [0.15, 0.2) is 0 Å². The van der Waals surface area contributed by atoms with Crippen LogP contribution in [0.5, 0.6) is 0 Å². The van der Waals surface area contributed by atoms with Crippen molar-refractivity contribution in [3.8, 4) is 0 Å². The van der Waals surface area contributed by atoms with E-state index >= 15 is 0 Å². The molecule has 2 N–H and O–H groups in total. The molecule has 0 aromatic carbocycles. The zero-order valence-electron chi connectivity index (χ0n) is 12.4. The third-order valence-electron chi connectivity index (χ3n) is 5.11. The summed E-state index contributed by atoms with van der Waals surface area (Å²) in [5.74, 6) is -1.12. The van der Waals surface area contributed by atoms with Crippen LogP contribution < -0.4 is 5.32 Å². The van der Waals surface area contributed by atoms with Crippen molar-refractivity contribution < 1.29 is 14.7 Å². The minimum absolute atomic E-state index is 0.0177. The second-order valence-corrected chi connectivity index (χ2v) is 6.57. The van der Waals surface area contributed by atoms with E-state index in [1.54, 1.807) is 0 Å². The molecule has 2 fully saturated rings. The van der Waals surface area contributed by atoms with E-state index in [9.17, 15) is 14.7 Å². The van der Waals surface area contributed by atoms with E-state index in [0.717, 1.165) is 32.1 Å². The van der Waals surface area contributed by atoms with Crippen LogP contribution in [-0.4, -0.2) is 23.0 Å². The molecule has 2 aliphatic carbocycles. The fraction of sp³-hybridized carbons (Fsp3) is 0.875. The van der Waals surface area contributed by atoms with E-state index in [2.05, 4.69) is 12.2 Å². The first-order chi connectivity index (χ1) is 9.59. The Labute approximate surface area is 121 Å². The van der Waals surface area contributed by atoms with E-state index in [1.165, 1.54) is 19.3 Å². The SMILES string of the molecule is CC1CCCCCC1NC(=O)C1CCCCC1C(=O)O. The van der Waals surface area contributed by atoms with Gasteiger partial charge in [-0.2, -0.15) is 0 Å². The molecule has 0 radical (unpaired) electrons. The molecule has 1 amide bonds. The maximum absolute atomic E-state index is 12.5. The van der Waals surface area contributed by atoms with Gasteiger partial charge in [0, 0.05) is 6.04 Å². The van der Waals surface area contributed by atoms with Gasteiger partial charge in [-0.05, 0) is 31.6 Å². The summed E-state index contributed by atoms with van der Waals surface area (Å²) < 4.78 is 0. The Morgan fingerprint density at radius 3 is 2.20 bits per heavy atom. The molecular weight excluding hydrogens is 254 g/mol. The Morgan fingerprint density at radius 2 is 1.50 bits per heavy atom. The number of rotatable bonds is 3. The van der Waals surface area contributed by atoms with Crippen LogP contribution >= 0.6 is 0 Å². The van der Waals surface area contributed by atoms with Crippen LogP contribution in [0.1, 0.15) is 64.7 Å². The lowest BCUT2D eigenvalue weighted by atomic mass is 9.78. The number of aliphatic carboxylic acids is 1. The number of hydrogen-bond donors (Lipinski definition) is 2. The highest BCUT2D eigenvalue weighted by Crippen LogP contribution is 2.31. The van der Waals surface area contributed by atoms with Gasteiger partial charge in [-0.15, -0.1) is 0 Å². The number of hydrogen-bond acceptors (Lipinski definition) is 2. The topological polar surface area (TPSA) is 66.4 Å². The van der Waals surface area contributed by atoms with Crippen LogP contribution in [0, 0.1) is 17.8 Å². The maximum Gasteiger partial charge on any atom is 0.307 e. The first kappa shape index (κ1) is 15.3. The second kappa shape index (κ2) is 7.09. The number of nitrogens with one attached hydrogen (secondary N) is 1. The van der Waals surface area contributed by atoms with Gasteiger partial charge in [0.2, 0.25) is 5.91 Å². The molecule has 0 aromatic heterocycles. The third-order valence-corrected chi connectivity index (χ3v) is 5.11. The molecule has 0 bridgehead atoms. The maximum atomic E-state index is 12.5. The van der Waals surface area contributed by atoms with Gasteiger partial charge in [-0.1, -0.05) is 39.0 Å². The molecule has 4 atom stereocenters. The van der Waals surface area contributed by atoms with E-state index in [1.807, 2.05) is 0 Å². The first-order valence-electron chi connectivity index (χ1n) is 8.12. The Bertz CT molecular complexity index is 356. The van der Waals surface area contributed by atoms with Crippen LogP contribution in [-0.2, 0) is 9.59 Å². The average Bonchev–Trinajstić information content (AvgIpc) is 2.64. The van der Waals surface area contributed by atoms with E-state index < -0.39 is 11.9 Å². The van der Waals surface area contributed by atoms with Gasteiger partial charge < -0.3 is 10.4 Å². The van der Waals surface area contributed by atoms with Crippen LogP contribution in [0.25, 0.3) is 0 Å². The van der Waals surface area contributed by atoms with Gasteiger partial charge in [0.1, 0.15) is 0 Å². The second-order valence-electron chi connectivity index (χ2n) is 6.57. The van der Waals surface area contributed by atoms with Gasteiger partial charge in [0.25, 0.3) is 0 Å². The molecule has 2 aliphatic rings. The summed E-state index contributed by atoms with van der Waals surface area (Å²) in [4.78, 5) is 23.8. The summed E-state index contributed by atoms with van der Waals surface area (Å²) in [6.45, 7) is 2.20. The number of carbonyl (C=O) groups is 2. The quantitative estimate of drug-likeness (QED) is 0.782. The molecule has 0 saturated heterocycles. The largest absolute Gasteiger partial charge is 0.481 e. The Kier molecular flexibility index (Phi) is 5.44. The van der Waals surface area contributed by atoms with Crippen LogP contribution in [0.4, 0.5) is 0 Å². The van der Waals surface area contributed by atoms with Gasteiger partial charge in [0.15, 0.2) is 0 Å². The first-order valence-corrected chi connectivity index (χ1v) is 8.12.